The molecule has 0 saturated heterocycles. The molecule has 5 rings (SSSR count). The van der Waals surface area contributed by atoms with E-state index in [9.17, 15) is 17.6 Å². The highest BCUT2D eigenvalue weighted by Crippen LogP contribution is 2.30. The first-order valence-corrected chi connectivity index (χ1v) is 12.7. The SMILES string of the molecule is COC1(OC)C=c2ncnc(Nc3ccc(F)c(Cl)c3)c2=CC1OCCCN1CCn2c(nnc2C(F)(F)F)C1. The summed E-state index contributed by atoms with van der Waals surface area (Å²) in [6.07, 6.45) is 0.244. The predicted octanol–water partition coefficient (Wildman–Crippen LogP) is 2.48. The summed E-state index contributed by atoms with van der Waals surface area (Å²) in [5.41, 5.74) is 0.535. The molecular formula is C25H26ClF4N7O3. The first-order chi connectivity index (χ1) is 19.1. The number of hydrogen-bond acceptors (Lipinski definition) is 9. The third-order valence-electron chi connectivity index (χ3n) is 6.79. The molecule has 0 amide bonds. The lowest BCUT2D eigenvalue weighted by Crippen LogP contribution is -2.52. The molecule has 15 heteroatoms. The van der Waals surface area contributed by atoms with Gasteiger partial charge in [-0.25, -0.2) is 14.4 Å². The lowest BCUT2D eigenvalue weighted by Gasteiger charge is -2.35. The summed E-state index contributed by atoms with van der Waals surface area (Å²) in [6, 6.07) is 4.24. The number of ether oxygens (including phenoxy) is 3. The molecule has 0 saturated carbocycles. The lowest BCUT2D eigenvalue weighted by atomic mass is 10.0. The molecule has 214 valence electrons. The maximum atomic E-state index is 13.6. The molecule has 2 aliphatic rings. The van der Waals surface area contributed by atoms with E-state index in [1.807, 2.05) is 4.90 Å². The van der Waals surface area contributed by atoms with E-state index in [1.165, 1.54) is 38.7 Å². The van der Waals surface area contributed by atoms with Gasteiger partial charge in [0.25, 0.3) is 0 Å². The van der Waals surface area contributed by atoms with Gasteiger partial charge < -0.3 is 24.1 Å². The second-order valence-corrected chi connectivity index (χ2v) is 9.63. The molecule has 0 radical (unpaired) electrons. The van der Waals surface area contributed by atoms with Crippen LogP contribution in [-0.2, 0) is 33.5 Å². The maximum absolute atomic E-state index is 13.6. The second kappa shape index (κ2) is 11.4. The molecule has 2 aromatic heterocycles. The average Bonchev–Trinajstić information content (AvgIpc) is 3.37. The van der Waals surface area contributed by atoms with Gasteiger partial charge in [-0.15, -0.1) is 10.2 Å². The van der Waals surface area contributed by atoms with E-state index in [0.29, 0.717) is 48.2 Å². The fourth-order valence-corrected chi connectivity index (χ4v) is 4.92. The van der Waals surface area contributed by atoms with Crippen LogP contribution in [0.4, 0.5) is 29.1 Å². The van der Waals surface area contributed by atoms with Crippen LogP contribution in [0.5, 0.6) is 0 Å². The first kappa shape index (κ1) is 28.4. The largest absolute Gasteiger partial charge is 0.451 e. The number of rotatable bonds is 9. The first-order valence-electron chi connectivity index (χ1n) is 12.3. The quantitative estimate of drug-likeness (QED) is 0.231. The van der Waals surface area contributed by atoms with E-state index in [-0.39, 0.29) is 23.9 Å². The Balaban J connectivity index is 1.28. The van der Waals surface area contributed by atoms with Crippen LogP contribution in [0, 0.1) is 5.82 Å². The Morgan fingerprint density at radius 2 is 1.95 bits per heavy atom. The molecule has 1 N–H and O–H groups in total. The highest BCUT2D eigenvalue weighted by atomic mass is 35.5. The van der Waals surface area contributed by atoms with Crippen molar-refractivity contribution >= 4 is 35.3 Å². The highest BCUT2D eigenvalue weighted by molar-refractivity contribution is 6.31. The Morgan fingerprint density at radius 3 is 2.67 bits per heavy atom. The van der Waals surface area contributed by atoms with Gasteiger partial charge in [0.1, 0.15) is 29.9 Å². The molecule has 1 aliphatic carbocycles. The standard InChI is InChI=1S/C25H26ClF4N7O3/c1-38-24(39-2)12-19-16(22(32-14-31-19)33-15-4-5-18(27)17(26)10-15)11-20(24)40-9-3-6-36-7-8-37-21(13-36)34-35-23(37)25(28,29)30/h4-5,10-12,14,20H,3,6-9,13H2,1-2H3,(H,31,32,33). The Labute approximate surface area is 231 Å². The van der Waals surface area contributed by atoms with Crippen LogP contribution < -0.4 is 15.9 Å². The maximum Gasteiger partial charge on any atom is 0.451 e. The number of hydrogen-bond donors (Lipinski definition) is 1. The summed E-state index contributed by atoms with van der Waals surface area (Å²) in [7, 11) is 2.99. The molecule has 10 nitrogen and oxygen atoms in total. The van der Waals surface area contributed by atoms with Crippen molar-refractivity contribution in [1.82, 2.24) is 29.6 Å². The van der Waals surface area contributed by atoms with E-state index in [1.54, 1.807) is 12.2 Å². The molecule has 1 aromatic carbocycles. The van der Waals surface area contributed by atoms with E-state index < -0.39 is 29.7 Å². The smallest absolute Gasteiger partial charge is 0.368 e. The third-order valence-corrected chi connectivity index (χ3v) is 7.08. The van der Waals surface area contributed by atoms with E-state index in [4.69, 9.17) is 25.8 Å². The van der Waals surface area contributed by atoms with Crippen LogP contribution in [0.1, 0.15) is 18.1 Å². The molecule has 1 aliphatic heterocycles. The number of fused-ring (bicyclic) bond motifs is 2. The minimum absolute atomic E-state index is 0.0304. The van der Waals surface area contributed by atoms with Gasteiger partial charge in [0.05, 0.1) is 16.9 Å². The zero-order valence-electron chi connectivity index (χ0n) is 21.6. The van der Waals surface area contributed by atoms with Crippen LogP contribution in [-0.4, -0.2) is 75.4 Å². The summed E-state index contributed by atoms with van der Waals surface area (Å²) in [4.78, 5) is 10.7. The summed E-state index contributed by atoms with van der Waals surface area (Å²) in [5.74, 6) is -2.02. The summed E-state index contributed by atoms with van der Waals surface area (Å²) in [5, 5.41) is 11.3. The Morgan fingerprint density at radius 1 is 1.15 bits per heavy atom. The van der Waals surface area contributed by atoms with Crippen molar-refractivity contribution in [2.45, 2.75) is 37.6 Å². The van der Waals surface area contributed by atoms with Crippen LogP contribution in [0.25, 0.3) is 12.2 Å². The van der Waals surface area contributed by atoms with Crippen LogP contribution >= 0.6 is 11.6 Å². The van der Waals surface area contributed by atoms with Gasteiger partial charge in [-0.3, -0.25) is 4.90 Å². The van der Waals surface area contributed by atoms with Gasteiger partial charge in [-0.2, -0.15) is 13.2 Å². The minimum Gasteiger partial charge on any atom is -0.368 e. The molecule has 3 aromatic rings. The summed E-state index contributed by atoms with van der Waals surface area (Å²) >= 11 is 5.92. The number of anilines is 2. The van der Waals surface area contributed by atoms with Crippen LogP contribution in [0.3, 0.4) is 0 Å². The summed E-state index contributed by atoms with van der Waals surface area (Å²) < 4.78 is 71.6. The van der Waals surface area contributed by atoms with Crippen molar-refractivity contribution in [3.05, 3.63) is 57.6 Å². The molecule has 1 unspecified atom stereocenters. The van der Waals surface area contributed by atoms with E-state index in [0.717, 1.165) is 4.57 Å². The number of halogens is 5. The topological polar surface area (TPSA) is 99.4 Å². The predicted molar refractivity (Wildman–Crippen MR) is 136 cm³/mol. The fourth-order valence-electron chi connectivity index (χ4n) is 4.74. The van der Waals surface area contributed by atoms with Crippen LogP contribution in [0.2, 0.25) is 5.02 Å². The normalized spacial score (nSPS) is 18.4. The van der Waals surface area contributed by atoms with Crippen molar-refractivity contribution in [3.63, 3.8) is 0 Å². The van der Waals surface area contributed by atoms with Gasteiger partial charge >= 0.3 is 6.18 Å². The van der Waals surface area contributed by atoms with Gasteiger partial charge in [-0.05, 0) is 30.7 Å². The van der Waals surface area contributed by atoms with Crippen molar-refractivity contribution in [2.24, 2.45) is 0 Å². The molecule has 1 atom stereocenters. The number of nitrogens with zero attached hydrogens (tertiary/aromatic N) is 6. The zero-order valence-corrected chi connectivity index (χ0v) is 22.3. The number of aromatic nitrogens is 5. The number of benzene rings is 1. The monoisotopic (exact) mass is 583 g/mol. The second-order valence-electron chi connectivity index (χ2n) is 9.23. The van der Waals surface area contributed by atoms with Crippen molar-refractivity contribution in [3.8, 4) is 0 Å². The summed E-state index contributed by atoms with van der Waals surface area (Å²) in [6.45, 7) is 1.74. The molecule has 3 heterocycles. The number of nitrogens with one attached hydrogen (secondary N) is 1. The lowest BCUT2D eigenvalue weighted by molar-refractivity contribution is -0.211. The zero-order chi connectivity index (χ0) is 28.5. The van der Waals surface area contributed by atoms with Crippen LogP contribution in [0.15, 0.2) is 24.5 Å². The molecule has 0 spiro atoms. The minimum atomic E-state index is -4.53. The van der Waals surface area contributed by atoms with E-state index in [2.05, 4.69) is 25.5 Å². The van der Waals surface area contributed by atoms with Gasteiger partial charge in [-0.1, -0.05) is 11.6 Å². The average molecular weight is 584 g/mol. The molecule has 40 heavy (non-hydrogen) atoms. The highest BCUT2D eigenvalue weighted by Gasteiger charge is 2.40. The van der Waals surface area contributed by atoms with Gasteiger partial charge in [0.15, 0.2) is 0 Å². The number of methoxy groups -OCH3 is 2. The van der Waals surface area contributed by atoms with E-state index >= 15 is 0 Å². The number of alkyl halides is 3. The van der Waals surface area contributed by atoms with Crippen molar-refractivity contribution in [2.75, 3.05) is 39.2 Å². The Kier molecular flexibility index (Phi) is 8.06. The third kappa shape index (κ3) is 5.67. The fraction of sp³-hybridized carbons (Fsp3) is 0.440. The van der Waals surface area contributed by atoms with Gasteiger partial charge in [0.2, 0.25) is 11.6 Å². The van der Waals surface area contributed by atoms with Gasteiger partial charge in [0, 0.05) is 57.4 Å². The molecular weight excluding hydrogens is 558 g/mol. The van der Waals surface area contributed by atoms with Crippen molar-refractivity contribution in [1.29, 1.82) is 0 Å². The van der Waals surface area contributed by atoms with Crippen molar-refractivity contribution < 1.29 is 31.8 Å². The Bertz CT molecular complexity index is 1500. The molecule has 0 bridgehead atoms. The molecule has 0 fully saturated rings. The Hall–Kier alpha value is -3.17.